The Morgan fingerprint density at radius 2 is 2.05 bits per heavy atom. The van der Waals surface area contributed by atoms with Gasteiger partial charge in [-0.2, -0.15) is 23.1 Å². The van der Waals surface area contributed by atoms with E-state index >= 15 is 0 Å². The van der Waals surface area contributed by atoms with E-state index in [1.807, 2.05) is 0 Å². The zero-order valence-electron chi connectivity index (χ0n) is 9.94. The zero-order chi connectivity index (χ0) is 15.1. The zero-order valence-corrected chi connectivity index (χ0v) is 10.7. The molecule has 0 aliphatic heterocycles. The van der Waals surface area contributed by atoms with Crippen LogP contribution in [0, 0.1) is 11.3 Å². The van der Waals surface area contributed by atoms with Gasteiger partial charge in [-0.25, -0.2) is 4.79 Å². The molecule has 0 spiro atoms. The second kappa shape index (κ2) is 4.68. The molecule has 20 heavy (non-hydrogen) atoms. The first-order chi connectivity index (χ1) is 9.25. The van der Waals surface area contributed by atoms with Gasteiger partial charge in [0.15, 0.2) is 0 Å². The molecule has 0 aliphatic rings. The van der Waals surface area contributed by atoms with Crippen molar-refractivity contribution in [1.29, 1.82) is 5.26 Å². The second-order valence-electron chi connectivity index (χ2n) is 3.85. The Kier molecular flexibility index (Phi) is 3.31. The van der Waals surface area contributed by atoms with E-state index in [-0.39, 0.29) is 16.3 Å². The van der Waals surface area contributed by atoms with E-state index < -0.39 is 17.7 Å². The molecule has 0 radical (unpaired) electrons. The van der Waals surface area contributed by atoms with Gasteiger partial charge >= 0.3 is 11.9 Å². The molecule has 1 aromatic carbocycles. The summed E-state index contributed by atoms with van der Waals surface area (Å²) in [5.41, 5.74) is -0.765. The number of hydrogen-bond acceptors (Lipinski definition) is 3. The van der Waals surface area contributed by atoms with Crippen LogP contribution in [0.3, 0.4) is 0 Å². The van der Waals surface area contributed by atoms with Gasteiger partial charge in [-0.05, 0) is 18.2 Å². The number of rotatable bonds is 1. The lowest BCUT2D eigenvalue weighted by molar-refractivity contribution is -0.147. The molecule has 2 aromatic rings. The van der Waals surface area contributed by atoms with Crippen molar-refractivity contribution in [3.63, 3.8) is 0 Å². The maximum absolute atomic E-state index is 12.7. The van der Waals surface area contributed by atoms with E-state index in [4.69, 9.17) is 16.9 Å². The average Bonchev–Trinajstić information content (AvgIpc) is 2.66. The van der Waals surface area contributed by atoms with Gasteiger partial charge < -0.3 is 0 Å². The number of benzene rings is 1. The molecule has 0 unspecified atom stereocenters. The molecule has 0 atom stereocenters. The minimum absolute atomic E-state index is 0.0242. The molecule has 5 nitrogen and oxygen atoms in total. The third kappa shape index (κ3) is 2.28. The predicted molar refractivity (Wildman–Crippen MR) is 63.5 cm³/mol. The quantitative estimate of drug-likeness (QED) is 0.810. The molecule has 0 aliphatic carbocycles. The lowest BCUT2D eigenvalue weighted by Gasteiger charge is -2.03. The summed E-state index contributed by atoms with van der Waals surface area (Å²) in [6.07, 6.45) is -4.74. The average molecular weight is 303 g/mol. The van der Waals surface area contributed by atoms with E-state index in [1.54, 1.807) is 6.07 Å². The largest absolute Gasteiger partial charge is 0.451 e. The van der Waals surface area contributed by atoms with Crippen LogP contribution in [-0.2, 0) is 13.2 Å². The van der Waals surface area contributed by atoms with Gasteiger partial charge in [0.05, 0.1) is 16.3 Å². The molecule has 1 heterocycles. The van der Waals surface area contributed by atoms with E-state index in [2.05, 4.69) is 5.10 Å². The highest BCUT2D eigenvalue weighted by Gasteiger charge is 2.38. The Balaban J connectivity index is 2.63. The summed E-state index contributed by atoms with van der Waals surface area (Å²) < 4.78 is 38.9. The van der Waals surface area contributed by atoms with Crippen LogP contribution in [0.4, 0.5) is 13.2 Å². The molecule has 104 valence electrons. The Morgan fingerprint density at radius 3 is 2.50 bits per heavy atom. The van der Waals surface area contributed by atoms with Crippen LogP contribution >= 0.6 is 11.6 Å². The Labute approximate surface area is 115 Å². The van der Waals surface area contributed by atoms with E-state index in [1.165, 1.54) is 18.2 Å². The van der Waals surface area contributed by atoms with Gasteiger partial charge in [-0.1, -0.05) is 11.6 Å². The molecule has 0 bridgehead atoms. The summed E-state index contributed by atoms with van der Waals surface area (Å²) in [4.78, 5) is 11.8. The van der Waals surface area contributed by atoms with E-state index in [9.17, 15) is 18.0 Å². The maximum atomic E-state index is 12.7. The van der Waals surface area contributed by atoms with Crippen LogP contribution in [0.25, 0.3) is 5.69 Å². The van der Waals surface area contributed by atoms with Crippen molar-refractivity contribution in [2.24, 2.45) is 7.05 Å². The molecule has 9 heteroatoms. The van der Waals surface area contributed by atoms with Gasteiger partial charge in [-0.15, -0.1) is 5.10 Å². The summed E-state index contributed by atoms with van der Waals surface area (Å²) in [7, 11) is 0.972. The van der Waals surface area contributed by atoms with E-state index in [0.29, 0.717) is 9.25 Å². The predicted octanol–water partition coefficient (Wildman–Crippen LogP) is 2.11. The fourth-order valence-electron chi connectivity index (χ4n) is 1.58. The highest BCUT2D eigenvalue weighted by atomic mass is 35.5. The summed E-state index contributed by atoms with van der Waals surface area (Å²) in [6, 6.07) is 5.60. The summed E-state index contributed by atoms with van der Waals surface area (Å²) in [5.74, 6) is -1.32. The highest BCUT2D eigenvalue weighted by molar-refractivity contribution is 6.31. The van der Waals surface area contributed by atoms with Crippen molar-refractivity contribution in [3.8, 4) is 11.8 Å². The first-order valence-electron chi connectivity index (χ1n) is 5.19. The van der Waals surface area contributed by atoms with Crippen molar-refractivity contribution in [3.05, 3.63) is 45.1 Å². The van der Waals surface area contributed by atoms with Crippen LogP contribution < -0.4 is 5.69 Å². The molecule has 0 N–H and O–H groups in total. The summed E-state index contributed by atoms with van der Waals surface area (Å²) in [5, 5.41) is 12.0. The smallest absolute Gasteiger partial charge is 0.274 e. The van der Waals surface area contributed by atoms with Crippen LogP contribution in [0.5, 0.6) is 0 Å². The minimum atomic E-state index is -4.74. The van der Waals surface area contributed by atoms with Gasteiger partial charge in [0.1, 0.15) is 6.07 Å². The number of aromatic nitrogens is 3. The van der Waals surface area contributed by atoms with Gasteiger partial charge in [0, 0.05) is 7.05 Å². The Bertz CT molecular complexity index is 769. The summed E-state index contributed by atoms with van der Waals surface area (Å²) in [6.45, 7) is 0. The van der Waals surface area contributed by atoms with Crippen LogP contribution in [0.15, 0.2) is 23.0 Å². The second-order valence-corrected chi connectivity index (χ2v) is 4.26. The molecule has 2 rings (SSSR count). The lowest BCUT2D eigenvalue weighted by Crippen LogP contribution is -2.23. The minimum Gasteiger partial charge on any atom is -0.274 e. The SMILES string of the molecule is Cn1c(C(F)(F)F)nn(-c2ccc(C#N)c(Cl)c2)c1=O. The molecular formula is C11H6ClF3N4O. The number of alkyl halides is 3. The lowest BCUT2D eigenvalue weighted by atomic mass is 10.2. The molecule has 1 aromatic heterocycles. The third-order valence-electron chi connectivity index (χ3n) is 2.55. The Hall–Kier alpha value is -2.27. The summed E-state index contributed by atoms with van der Waals surface area (Å²) >= 11 is 5.77. The fourth-order valence-corrected chi connectivity index (χ4v) is 1.80. The van der Waals surface area contributed by atoms with Crippen molar-refractivity contribution in [1.82, 2.24) is 14.3 Å². The third-order valence-corrected chi connectivity index (χ3v) is 2.86. The Morgan fingerprint density at radius 1 is 1.40 bits per heavy atom. The number of nitriles is 1. The normalized spacial score (nSPS) is 11.4. The van der Waals surface area contributed by atoms with Gasteiger partial charge in [0.2, 0.25) is 5.82 Å². The van der Waals surface area contributed by atoms with Crippen molar-refractivity contribution < 1.29 is 13.2 Å². The molecular weight excluding hydrogens is 297 g/mol. The van der Waals surface area contributed by atoms with E-state index in [0.717, 1.165) is 7.05 Å². The highest BCUT2D eigenvalue weighted by Crippen LogP contribution is 2.27. The molecule has 0 saturated heterocycles. The van der Waals surface area contributed by atoms with Gasteiger partial charge in [0.25, 0.3) is 0 Å². The van der Waals surface area contributed by atoms with Crippen LogP contribution in [0.1, 0.15) is 11.4 Å². The first kappa shape index (κ1) is 14.1. The van der Waals surface area contributed by atoms with Crippen molar-refractivity contribution >= 4 is 11.6 Å². The fraction of sp³-hybridized carbons (Fsp3) is 0.182. The van der Waals surface area contributed by atoms with Gasteiger partial charge in [-0.3, -0.25) is 4.57 Å². The van der Waals surface area contributed by atoms with Crippen molar-refractivity contribution in [2.45, 2.75) is 6.18 Å². The molecule has 0 saturated carbocycles. The number of nitrogens with zero attached hydrogens (tertiary/aromatic N) is 4. The van der Waals surface area contributed by atoms with Crippen molar-refractivity contribution in [2.75, 3.05) is 0 Å². The van der Waals surface area contributed by atoms with Crippen LogP contribution in [0.2, 0.25) is 5.02 Å². The molecule has 0 fully saturated rings. The topological polar surface area (TPSA) is 63.6 Å². The standard InChI is InChI=1S/C11H6ClF3N4O/c1-18-9(11(13,14)15)17-19(10(18)20)7-3-2-6(5-16)8(12)4-7/h2-4H,1H3. The number of hydrogen-bond donors (Lipinski definition) is 0. The van der Waals surface area contributed by atoms with Crippen LogP contribution in [-0.4, -0.2) is 14.3 Å². The molecule has 0 amide bonds. The maximum Gasteiger partial charge on any atom is 0.451 e. The monoisotopic (exact) mass is 302 g/mol. The first-order valence-corrected chi connectivity index (χ1v) is 5.56. The number of halogens is 4.